The average molecular weight is 234 g/mol. The van der Waals surface area contributed by atoms with Gasteiger partial charge in [-0.3, -0.25) is 4.79 Å². The van der Waals surface area contributed by atoms with Crippen LogP contribution in [0.5, 0.6) is 0 Å². The third-order valence-electron chi connectivity index (χ3n) is 2.75. The number of aryl methyl sites for hydroxylation is 1. The number of nitrogens with one attached hydrogen (secondary N) is 1. The van der Waals surface area contributed by atoms with Crippen LogP contribution in [0.3, 0.4) is 0 Å². The Labute approximate surface area is 104 Å². The van der Waals surface area contributed by atoms with Crippen molar-refractivity contribution in [3.63, 3.8) is 0 Å². The molecule has 0 spiro atoms. The van der Waals surface area contributed by atoms with Gasteiger partial charge in [0, 0.05) is 31.4 Å². The summed E-state index contributed by atoms with van der Waals surface area (Å²) in [4.78, 5) is 13.8. The highest BCUT2D eigenvalue weighted by Gasteiger charge is 2.11. The van der Waals surface area contributed by atoms with Crippen LogP contribution < -0.4 is 5.32 Å². The van der Waals surface area contributed by atoms with Gasteiger partial charge >= 0.3 is 0 Å². The molecular formula is C14H22N2O. The highest BCUT2D eigenvalue weighted by Crippen LogP contribution is 2.17. The van der Waals surface area contributed by atoms with E-state index in [1.165, 1.54) is 0 Å². The van der Waals surface area contributed by atoms with E-state index in [9.17, 15) is 4.79 Å². The Hall–Kier alpha value is -1.51. The van der Waals surface area contributed by atoms with Crippen molar-refractivity contribution in [2.45, 2.75) is 27.2 Å². The first kappa shape index (κ1) is 13.6. The molecule has 3 nitrogen and oxygen atoms in total. The highest BCUT2D eigenvalue weighted by atomic mass is 16.2. The van der Waals surface area contributed by atoms with Gasteiger partial charge in [0.15, 0.2) is 0 Å². The summed E-state index contributed by atoms with van der Waals surface area (Å²) in [6.45, 7) is 7.85. The molecule has 1 N–H and O–H groups in total. The average Bonchev–Trinajstić information content (AvgIpc) is 2.31. The molecule has 1 aromatic carbocycles. The molecule has 1 rings (SSSR count). The second kappa shape index (κ2) is 6.28. The Kier molecular flexibility index (Phi) is 5.01. The molecule has 17 heavy (non-hydrogen) atoms. The van der Waals surface area contributed by atoms with Gasteiger partial charge < -0.3 is 10.2 Å². The quantitative estimate of drug-likeness (QED) is 0.849. The Balaban J connectivity index is 2.85. The molecule has 3 heteroatoms. The smallest absolute Gasteiger partial charge is 0.253 e. The zero-order chi connectivity index (χ0) is 12.8. The first-order valence-corrected chi connectivity index (χ1v) is 6.20. The van der Waals surface area contributed by atoms with E-state index in [0.29, 0.717) is 0 Å². The maximum atomic E-state index is 12.1. The second-order valence-corrected chi connectivity index (χ2v) is 4.29. The summed E-state index contributed by atoms with van der Waals surface area (Å²) in [5.74, 6) is 0.0954. The van der Waals surface area contributed by atoms with E-state index >= 15 is 0 Å². The van der Waals surface area contributed by atoms with Crippen molar-refractivity contribution < 1.29 is 4.79 Å². The minimum Gasteiger partial charge on any atom is -0.385 e. The number of hydrogen-bond acceptors (Lipinski definition) is 2. The van der Waals surface area contributed by atoms with Gasteiger partial charge in [-0.05, 0) is 44.0 Å². The van der Waals surface area contributed by atoms with Crippen LogP contribution in [0.25, 0.3) is 0 Å². The second-order valence-electron chi connectivity index (χ2n) is 4.29. The predicted molar refractivity (Wildman–Crippen MR) is 72.6 cm³/mol. The van der Waals surface area contributed by atoms with Crippen molar-refractivity contribution in [1.82, 2.24) is 4.90 Å². The summed E-state index contributed by atoms with van der Waals surface area (Å²) < 4.78 is 0. The zero-order valence-corrected chi connectivity index (χ0v) is 11.2. The monoisotopic (exact) mass is 234 g/mol. The molecule has 0 aromatic heterocycles. The number of anilines is 1. The van der Waals surface area contributed by atoms with E-state index in [0.717, 1.165) is 36.3 Å². The van der Waals surface area contributed by atoms with Gasteiger partial charge in [0.2, 0.25) is 0 Å². The third-order valence-corrected chi connectivity index (χ3v) is 2.75. The van der Waals surface area contributed by atoms with E-state index in [-0.39, 0.29) is 5.91 Å². The Bertz CT molecular complexity index is 388. The maximum absolute atomic E-state index is 12.1. The Morgan fingerprint density at radius 2 is 2.06 bits per heavy atom. The Morgan fingerprint density at radius 1 is 1.35 bits per heavy atom. The lowest BCUT2D eigenvalue weighted by atomic mass is 10.1. The minimum atomic E-state index is 0.0954. The molecule has 0 fully saturated rings. The third kappa shape index (κ3) is 3.48. The molecule has 0 radical (unpaired) electrons. The van der Waals surface area contributed by atoms with Crippen LogP contribution in [-0.4, -0.2) is 30.9 Å². The molecule has 0 saturated carbocycles. The normalized spacial score (nSPS) is 10.1. The van der Waals surface area contributed by atoms with Crippen LogP contribution in [-0.2, 0) is 0 Å². The van der Waals surface area contributed by atoms with Crippen molar-refractivity contribution in [2.75, 3.05) is 25.5 Å². The molecule has 1 amide bonds. The number of rotatable bonds is 5. The van der Waals surface area contributed by atoms with Gasteiger partial charge in [-0.1, -0.05) is 6.92 Å². The number of carbonyl (C=O) groups is 1. The minimum absolute atomic E-state index is 0.0954. The van der Waals surface area contributed by atoms with Gasteiger partial charge in [-0.25, -0.2) is 0 Å². The molecule has 1 aromatic rings. The van der Waals surface area contributed by atoms with Gasteiger partial charge in [0.1, 0.15) is 0 Å². The number of amides is 1. The largest absolute Gasteiger partial charge is 0.385 e. The topological polar surface area (TPSA) is 32.3 Å². The highest BCUT2D eigenvalue weighted by molar-refractivity contribution is 5.94. The molecule has 0 aliphatic carbocycles. The predicted octanol–water partition coefficient (Wildman–Crippen LogP) is 2.91. The lowest BCUT2D eigenvalue weighted by Crippen LogP contribution is -2.27. The van der Waals surface area contributed by atoms with E-state index in [1.807, 2.05) is 32.2 Å². The summed E-state index contributed by atoms with van der Waals surface area (Å²) in [6.07, 6.45) is 0.983. The maximum Gasteiger partial charge on any atom is 0.253 e. The summed E-state index contributed by atoms with van der Waals surface area (Å²) in [6, 6.07) is 5.82. The van der Waals surface area contributed by atoms with E-state index < -0.39 is 0 Å². The lowest BCUT2D eigenvalue weighted by molar-refractivity contribution is 0.0795. The summed E-state index contributed by atoms with van der Waals surface area (Å²) in [5.41, 5.74) is 2.98. The fourth-order valence-corrected chi connectivity index (χ4v) is 1.84. The van der Waals surface area contributed by atoms with Crippen LogP contribution >= 0.6 is 0 Å². The van der Waals surface area contributed by atoms with E-state index in [2.05, 4.69) is 19.2 Å². The van der Waals surface area contributed by atoms with Crippen LogP contribution in [0.15, 0.2) is 18.2 Å². The molecule has 0 saturated heterocycles. The van der Waals surface area contributed by atoms with Gasteiger partial charge in [0.25, 0.3) is 5.91 Å². The fraction of sp³-hybridized carbons (Fsp3) is 0.500. The molecular weight excluding hydrogens is 212 g/mol. The van der Waals surface area contributed by atoms with Crippen LogP contribution in [0.2, 0.25) is 0 Å². The number of benzene rings is 1. The molecule has 0 aliphatic heterocycles. The molecule has 0 unspecified atom stereocenters. The number of nitrogens with zero attached hydrogens (tertiary/aromatic N) is 1. The van der Waals surface area contributed by atoms with Crippen molar-refractivity contribution in [1.29, 1.82) is 0 Å². The first-order chi connectivity index (χ1) is 8.10. The summed E-state index contributed by atoms with van der Waals surface area (Å²) >= 11 is 0. The first-order valence-electron chi connectivity index (χ1n) is 6.20. The standard InChI is InChI=1S/C14H22N2O/c1-5-9-16(4)14(17)12-7-8-13(15-6-2)11(3)10-12/h7-8,10,15H,5-6,9H2,1-4H3. The number of carbonyl (C=O) groups excluding carboxylic acids is 1. The lowest BCUT2D eigenvalue weighted by Gasteiger charge is -2.17. The van der Waals surface area contributed by atoms with Crippen LogP contribution in [0.1, 0.15) is 36.2 Å². The Morgan fingerprint density at radius 3 is 2.59 bits per heavy atom. The SMILES string of the molecule is CCCN(C)C(=O)c1ccc(NCC)c(C)c1. The molecule has 0 aliphatic rings. The van der Waals surface area contributed by atoms with Crippen molar-refractivity contribution >= 4 is 11.6 Å². The van der Waals surface area contributed by atoms with Crippen LogP contribution in [0, 0.1) is 6.92 Å². The van der Waals surface area contributed by atoms with E-state index in [1.54, 1.807) is 4.90 Å². The molecule has 0 heterocycles. The van der Waals surface area contributed by atoms with E-state index in [4.69, 9.17) is 0 Å². The summed E-state index contributed by atoms with van der Waals surface area (Å²) in [7, 11) is 1.85. The van der Waals surface area contributed by atoms with Crippen LogP contribution in [0.4, 0.5) is 5.69 Å². The fourth-order valence-electron chi connectivity index (χ4n) is 1.84. The summed E-state index contributed by atoms with van der Waals surface area (Å²) in [5, 5.41) is 3.27. The molecule has 0 bridgehead atoms. The zero-order valence-electron chi connectivity index (χ0n) is 11.2. The van der Waals surface area contributed by atoms with Crippen molar-refractivity contribution in [3.05, 3.63) is 29.3 Å². The number of hydrogen-bond donors (Lipinski definition) is 1. The van der Waals surface area contributed by atoms with Crippen molar-refractivity contribution in [3.8, 4) is 0 Å². The van der Waals surface area contributed by atoms with Crippen molar-refractivity contribution in [2.24, 2.45) is 0 Å². The van der Waals surface area contributed by atoms with Gasteiger partial charge in [-0.15, -0.1) is 0 Å². The molecule has 0 atom stereocenters. The van der Waals surface area contributed by atoms with Gasteiger partial charge in [0.05, 0.1) is 0 Å². The molecule has 94 valence electrons. The van der Waals surface area contributed by atoms with Gasteiger partial charge in [-0.2, -0.15) is 0 Å².